The Morgan fingerprint density at radius 2 is 1.92 bits per heavy atom. The van der Waals surface area contributed by atoms with E-state index in [1.54, 1.807) is 0 Å². The molecule has 36 heavy (non-hydrogen) atoms. The third-order valence-corrected chi connectivity index (χ3v) is 8.98. The molecule has 2 aliphatic carbocycles. The topological polar surface area (TPSA) is 76.1 Å². The Hall–Kier alpha value is -2.44. The van der Waals surface area contributed by atoms with E-state index in [1.807, 2.05) is 24.3 Å². The summed E-state index contributed by atoms with van der Waals surface area (Å²) in [5.74, 6) is 0.640. The van der Waals surface area contributed by atoms with Crippen LogP contribution in [0.3, 0.4) is 0 Å². The summed E-state index contributed by atoms with van der Waals surface area (Å²) in [7, 11) is 0. The van der Waals surface area contributed by atoms with Crippen molar-refractivity contribution in [1.82, 2.24) is 4.90 Å². The zero-order valence-corrected chi connectivity index (χ0v) is 21.3. The molecule has 2 fully saturated rings. The molecule has 0 amide bonds. The van der Waals surface area contributed by atoms with Gasteiger partial charge in [-0.05, 0) is 50.2 Å². The molecule has 2 aliphatic heterocycles. The molecule has 6 heteroatoms. The first-order valence-electron chi connectivity index (χ1n) is 13.7. The van der Waals surface area contributed by atoms with Gasteiger partial charge in [-0.1, -0.05) is 43.9 Å². The van der Waals surface area contributed by atoms with Gasteiger partial charge in [0.1, 0.15) is 0 Å². The standard InChI is InChI=1S/C30H39NO5/c1-3-5-6-7-8-9-10-11-12-25(33)35-23-14-13-21-20-24-30(34)16-15-22(32)28-29(30,26(21)27(23)36-28)17-19-31(24)18-4-2/h3-4,13-14,24,28,34H,1-2,5-12,15-20H2/t24-,28+,29-,30+/m0/s1. The molecule has 6 nitrogen and oxygen atoms in total. The number of benzene rings is 1. The quantitative estimate of drug-likeness (QED) is 0.195. The largest absolute Gasteiger partial charge is 0.477 e. The molecule has 1 N–H and O–H groups in total. The summed E-state index contributed by atoms with van der Waals surface area (Å²) in [5.41, 5.74) is 0.158. The van der Waals surface area contributed by atoms with Crippen molar-refractivity contribution in [2.45, 2.75) is 100 Å². The van der Waals surface area contributed by atoms with Crippen LogP contribution in [0.1, 0.15) is 81.8 Å². The molecular weight excluding hydrogens is 454 g/mol. The van der Waals surface area contributed by atoms with E-state index >= 15 is 0 Å². The highest BCUT2D eigenvalue weighted by Gasteiger charge is 2.73. The van der Waals surface area contributed by atoms with Gasteiger partial charge in [0.05, 0.1) is 11.0 Å². The van der Waals surface area contributed by atoms with Gasteiger partial charge in [-0.25, -0.2) is 0 Å². The lowest BCUT2D eigenvalue weighted by Gasteiger charge is -2.62. The molecule has 194 valence electrons. The smallest absolute Gasteiger partial charge is 0.311 e. The van der Waals surface area contributed by atoms with Crippen molar-refractivity contribution in [3.05, 3.63) is 48.6 Å². The number of allylic oxidation sites excluding steroid dienone is 1. The number of likely N-dealkylation sites (tertiary alicyclic amines) is 1. The summed E-state index contributed by atoms with van der Waals surface area (Å²) in [6, 6.07) is 3.72. The number of aliphatic hydroxyl groups is 1. The van der Waals surface area contributed by atoms with Crippen LogP contribution in [0.4, 0.5) is 0 Å². The third-order valence-electron chi connectivity index (χ3n) is 8.98. The number of hydrogen-bond acceptors (Lipinski definition) is 6. The van der Waals surface area contributed by atoms with Crippen molar-refractivity contribution in [2.24, 2.45) is 0 Å². The molecule has 1 aromatic carbocycles. The van der Waals surface area contributed by atoms with Crippen molar-refractivity contribution in [3.8, 4) is 11.5 Å². The molecule has 1 saturated heterocycles. The Bertz CT molecular complexity index is 1050. The maximum Gasteiger partial charge on any atom is 0.311 e. The van der Waals surface area contributed by atoms with Crippen LogP contribution < -0.4 is 9.47 Å². The summed E-state index contributed by atoms with van der Waals surface area (Å²) in [4.78, 5) is 28.1. The van der Waals surface area contributed by atoms with Gasteiger partial charge in [0, 0.05) is 37.5 Å². The van der Waals surface area contributed by atoms with E-state index in [2.05, 4.69) is 18.1 Å². The number of carbonyl (C=O) groups excluding carboxylic acids is 2. The van der Waals surface area contributed by atoms with Gasteiger partial charge in [0.2, 0.25) is 0 Å². The average molecular weight is 494 g/mol. The second-order valence-corrected chi connectivity index (χ2v) is 11.0. The number of hydrogen-bond donors (Lipinski definition) is 1. The lowest BCUT2D eigenvalue weighted by Crippen LogP contribution is -2.76. The second kappa shape index (κ2) is 10.1. The molecule has 2 bridgehead atoms. The molecule has 1 saturated carbocycles. The second-order valence-electron chi connectivity index (χ2n) is 11.0. The van der Waals surface area contributed by atoms with Crippen LogP contribution in [0, 0.1) is 0 Å². The van der Waals surface area contributed by atoms with Gasteiger partial charge in [0.25, 0.3) is 0 Å². The molecule has 0 aromatic heterocycles. The minimum Gasteiger partial charge on any atom is -0.477 e. The van der Waals surface area contributed by atoms with E-state index < -0.39 is 17.1 Å². The molecule has 1 aromatic rings. The normalized spacial score (nSPS) is 29.9. The van der Waals surface area contributed by atoms with Crippen molar-refractivity contribution < 1.29 is 24.2 Å². The molecule has 4 aliphatic rings. The molecule has 5 rings (SSSR count). The zero-order chi connectivity index (χ0) is 25.3. The van der Waals surface area contributed by atoms with Gasteiger partial charge in [-0.15, -0.1) is 13.2 Å². The predicted octanol–water partition coefficient (Wildman–Crippen LogP) is 4.81. The van der Waals surface area contributed by atoms with Gasteiger partial charge in [-0.3, -0.25) is 14.5 Å². The van der Waals surface area contributed by atoms with Gasteiger partial charge >= 0.3 is 5.97 Å². The van der Waals surface area contributed by atoms with Crippen molar-refractivity contribution >= 4 is 11.8 Å². The minimum atomic E-state index is -1.06. The first-order chi connectivity index (χ1) is 17.5. The maximum absolute atomic E-state index is 13.1. The van der Waals surface area contributed by atoms with E-state index in [0.717, 1.165) is 43.4 Å². The summed E-state index contributed by atoms with van der Waals surface area (Å²) >= 11 is 0. The van der Waals surface area contributed by atoms with E-state index in [-0.39, 0.29) is 17.8 Å². The lowest BCUT2D eigenvalue weighted by atomic mass is 9.49. The number of esters is 1. The highest BCUT2D eigenvalue weighted by atomic mass is 16.6. The highest BCUT2D eigenvalue weighted by molar-refractivity contribution is 5.90. The molecule has 4 atom stereocenters. The Labute approximate surface area is 214 Å². The fraction of sp³-hybridized carbons (Fsp3) is 0.600. The molecule has 1 spiro atoms. The van der Waals surface area contributed by atoms with Gasteiger partial charge in [0.15, 0.2) is 23.4 Å². The first kappa shape index (κ1) is 25.2. The number of nitrogens with zero attached hydrogens (tertiary/aromatic N) is 1. The lowest BCUT2D eigenvalue weighted by molar-refractivity contribution is -0.187. The van der Waals surface area contributed by atoms with Gasteiger partial charge in [-0.2, -0.15) is 0 Å². The maximum atomic E-state index is 13.1. The Morgan fingerprint density at radius 1 is 1.14 bits per heavy atom. The van der Waals surface area contributed by atoms with Crippen molar-refractivity contribution in [2.75, 3.05) is 13.1 Å². The molecule has 0 radical (unpaired) electrons. The predicted molar refractivity (Wildman–Crippen MR) is 138 cm³/mol. The van der Waals surface area contributed by atoms with E-state index in [9.17, 15) is 14.7 Å². The monoisotopic (exact) mass is 493 g/mol. The number of Topliss-reactive ketones (excluding diaryl/α,β-unsaturated/α-hetero) is 1. The minimum absolute atomic E-state index is 0.0324. The number of ketones is 1. The Kier molecular flexibility index (Phi) is 7.10. The van der Waals surface area contributed by atoms with Crippen molar-refractivity contribution in [1.29, 1.82) is 0 Å². The first-order valence-corrected chi connectivity index (χ1v) is 13.7. The van der Waals surface area contributed by atoms with Crippen LogP contribution in [-0.2, 0) is 21.4 Å². The number of rotatable bonds is 12. The Morgan fingerprint density at radius 3 is 2.69 bits per heavy atom. The highest BCUT2D eigenvalue weighted by Crippen LogP contribution is 2.64. The third kappa shape index (κ3) is 3.93. The van der Waals surface area contributed by atoms with E-state index in [1.165, 1.54) is 19.3 Å². The van der Waals surface area contributed by atoms with Crippen LogP contribution >= 0.6 is 0 Å². The number of carbonyl (C=O) groups is 2. The summed E-state index contributed by atoms with van der Waals surface area (Å²) < 4.78 is 12.1. The van der Waals surface area contributed by atoms with Gasteiger partial charge < -0.3 is 14.6 Å². The van der Waals surface area contributed by atoms with Crippen LogP contribution in [0.2, 0.25) is 0 Å². The number of unbranched alkanes of at least 4 members (excludes halogenated alkanes) is 6. The van der Waals surface area contributed by atoms with E-state index in [4.69, 9.17) is 9.47 Å². The SMILES string of the molecule is C=CCCCCCCCCC(=O)Oc1ccc2c3c1O[C@@H]1C(=O)CC[C@@]4(O)[C@H](C2)N(CC=C)CC[C@]314. The summed E-state index contributed by atoms with van der Waals surface area (Å²) in [5, 5.41) is 12.2. The summed E-state index contributed by atoms with van der Waals surface area (Å²) in [6.07, 6.45) is 13.1. The Balaban J connectivity index is 1.33. The number of piperidine rings is 1. The van der Waals surface area contributed by atoms with Crippen LogP contribution in [0.15, 0.2) is 37.4 Å². The van der Waals surface area contributed by atoms with E-state index in [0.29, 0.717) is 50.1 Å². The van der Waals surface area contributed by atoms with Crippen LogP contribution in [0.5, 0.6) is 11.5 Å². The fourth-order valence-electron chi connectivity index (χ4n) is 7.31. The zero-order valence-electron chi connectivity index (χ0n) is 21.3. The number of ether oxygens (including phenoxy) is 2. The molecule has 0 unspecified atom stereocenters. The molecule has 2 heterocycles. The summed E-state index contributed by atoms with van der Waals surface area (Å²) in [6.45, 7) is 9.12. The molecular formula is C30H39NO5. The average Bonchev–Trinajstić information content (AvgIpc) is 3.22. The fourth-order valence-corrected chi connectivity index (χ4v) is 7.31. The van der Waals surface area contributed by atoms with Crippen LogP contribution in [-0.4, -0.2) is 52.6 Å². The van der Waals surface area contributed by atoms with Crippen molar-refractivity contribution in [3.63, 3.8) is 0 Å². The van der Waals surface area contributed by atoms with Crippen LogP contribution in [0.25, 0.3) is 0 Å².